The lowest BCUT2D eigenvalue weighted by Gasteiger charge is -2.33. The quantitative estimate of drug-likeness (QED) is 0.179. The van der Waals surface area contributed by atoms with Crippen molar-refractivity contribution in [3.63, 3.8) is 0 Å². The van der Waals surface area contributed by atoms with Crippen molar-refractivity contribution in [1.82, 2.24) is 9.88 Å². The molecule has 0 aliphatic carbocycles. The Hall–Kier alpha value is -6.94. The first-order valence-electron chi connectivity index (χ1n) is 17.1. The molecule has 0 saturated carbocycles. The summed E-state index contributed by atoms with van der Waals surface area (Å²) in [6.07, 6.45) is 5.78. The van der Waals surface area contributed by atoms with Gasteiger partial charge in [-0.1, -0.05) is 133 Å². The van der Waals surface area contributed by atoms with E-state index in [0.29, 0.717) is 0 Å². The van der Waals surface area contributed by atoms with Gasteiger partial charge in [-0.25, -0.2) is 0 Å². The van der Waals surface area contributed by atoms with Crippen LogP contribution >= 0.6 is 0 Å². The van der Waals surface area contributed by atoms with Gasteiger partial charge < -0.3 is 4.90 Å². The van der Waals surface area contributed by atoms with Gasteiger partial charge in [-0.2, -0.15) is 0 Å². The summed E-state index contributed by atoms with van der Waals surface area (Å²) in [6, 6.07) is 64.1. The molecule has 3 heteroatoms. The van der Waals surface area contributed by atoms with E-state index in [4.69, 9.17) is 4.99 Å². The summed E-state index contributed by atoms with van der Waals surface area (Å²) in [4.78, 5) is 12.1. The molecule has 0 spiro atoms. The van der Waals surface area contributed by atoms with Crippen molar-refractivity contribution in [2.75, 3.05) is 7.05 Å². The number of pyridine rings is 1. The largest absolute Gasteiger partial charge is 0.348 e. The summed E-state index contributed by atoms with van der Waals surface area (Å²) in [7, 11) is 2.11. The molecular formula is C48H31N3. The summed E-state index contributed by atoms with van der Waals surface area (Å²) >= 11 is 0. The number of hydrogen-bond donors (Lipinski definition) is 0. The van der Waals surface area contributed by atoms with Crippen molar-refractivity contribution in [3.05, 3.63) is 205 Å². The van der Waals surface area contributed by atoms with E-state index in [-0.39, 0.29) is 6.17 Å². The maximum atomic E-state index is 5.36. The number of aromatic nitrogens is 1. The second-order valence-corrected chi connectivity index (χ2v) is 12.8. The standard InChI is InChI=1S/C48H31N3/c1-51-47(37-23-21-36(22-24-37)45-32-49-31-43-14-7-8-17-44(43)45)30-46(50-48(51)38-25-18-35(19-26-38)33-10-3-2-4-11-33)42-16-9-15-40(29-42)41-27-20-34-12-5-6-13-39(34)28-41/h2-5,7-12,14-18,20-25,27-32,48H,1H3. The molecule has 0 fully saturated rings. The van der Waals surface area contributed by atoms with Crippen LogP contribution in [0, 0.1) is 24.3 Å². The van der Waals surface area contributed by atoms with E-state index >= 15 is 0 Å². The first-order valence-corrected chi connectivity index (χ1v) is 17.1. The Kier molecular flexibility index (Phi) is 7.58. The number of rotatable bonds is 6. The van der Waals surface area contributed by atoms with Crippen molar-refractivity contribution in [2.24, 2.45) is 4.99 Å². The zero-order valence-corrected chi connectivity index (χ0v) is 28.0. The van der Waals surface area contributed by atoms with E-state index in [2.05, 4.69) is 169 Å². The lowest BCUT2D eigenvalue weighted by Crippen LogP contribution is -2.27. The molecule has 3 nitrogen and oxygen atoms in total. The zero-order valence-electron chi connectivity index (χ0n) is 28.0. The fourth-order valence-electron chi connectivity index (χ4n) is 6.94. The number of allylic oxidation sites excluding steroid dienone is 1. The maximum absolute atomic E-state index is 5.36. The fraction of sp³-hybridized carbons (Fsp3) is 0.0417. The third kappa shape index (κ3) is 5.78. The molecule has 0 saturated heterocycles. The van der Waals surface area contributed by atoms with Gasteiger partial charge in [-0.15, -0.1) is 0 Å². The molecule has 238 valence electrons. The van der Waals surface area contributed by atoms with Crippen molar-refractivity contribution in [1.29, 1.82) is 0 Å². The highest BCUT2D eigenvalue weighted by molar-refractivity contribution is 6.13. The maximum Gasteiger partial charge on any atom is 0.155 e. The first kappa shape index (κ1) is 30.1. The molecule has 1 unspecified atom stereocenters. The summed E-state index contributed by atoms with van der Waals surface area (Å²) in [6.45, 7) is 0. The Labute approximate surface area is 298 Å². The molecule has 8 aromatic rings. The Morgan fingerprint density at radius 2 is 1.33 bits per heavy atom. The van der Waals surface area contributed by atoms with Crippen LogP contribution in [0.15, 0.2) is 169 Å². The molecule has 1 aromatic heterocycles. The molecule has 51 heavy (non-hydrogen) atoms. The molecular weight excluding hydrogens is 619 g/mol. The Bertz CT molecular complexity index is 2580. The van der Waals surface area contributed by atoms with E-state index in [1.165, 1.54) is 5.39 Å². The third-order valence-electron chi connectivity index (χ3n) is 9.67. The van der Waals surface area contributed by atoms with Crippen LogP contribution in [0.25, 0.3) is 60.6 Å². The van der Waals surface area contributed by atoms with Crippen LogP contribution in [-0.2, 0) is 0 Å². The van der Waals surface area contributed by atoms with Gasteiger partial charge in [0.15, 0.2) is 6.17 Å². The van der Waals surface area contributed by atoms with Crippen LogP contribution in [0.5, 0.6) is 0 Å². The van der Waals surface area contributed by atoms with Crippen LogP contribution in [0.3, 0.4) is 0 Å². The first-order chi connectivity index (χ1) is 25.2. The minimum absolute atomic E-state index is 0.294. The van der Waals surface area contributed by atoms with Crippen LogP contribution in [0.4, 0.5) is 0 Å². The second-order valence-electron chi connectivity index (χ2n) is 12.8. The molecule has 0 bridgehead atoms. The van der Waals surface area contributed by atoms with Gasteiger partial charge in [-0.05, 0) is 81.1 Å². The van der Waals surface area contributed by atoms with Crippen LogP contribution in [0.1, 0.15) is 22.9 Å². The van der Waals surface area contributed by atoms with E-state index in [1.807, 2.05) is 36.7 Å². The van der Waals surface area contributed by atoms with Gasteiger partial charge in [0.05, 0.1) is 5.71 Å². The third-order valence-corrected chi connectivity index (χ3v) is 9.67. The lowest BCUT2D eigenvalue weighted by atomic mass is 9.95. The lowest BCUT2D eigenvalue weighted by molar-refractivity contribution is 0.364. The summed E-state index contributed by atoms with van der Waals surface area (Å²) in [5.74, 6) is 0. The number of aliphatic imine (C=N–C) groups is 1. The van der Waals surface area contributed by atoms with E-state index in [9.17, 15) is 0 Å². The Balaban J connectivity index is 1.12. The smallest absolute Gasteiger partial charge is 0.155 e. The normalized spacial score (nSPS) is 14.1. The number of fused-ring (bicyclic) bond motifs is 2. The van der Waals surface area contributed by atoms with E-state index < -0.39 is 0 Å². The van der Waals surface area contributed by atoms with Crippen LogP contribution in [-0.4, -0.2) is 22.6 Å². The monoisotopic (exact) mass is 649 g/mol. The Morgan fingerprint density at radius 3 is 2.20 bits per heavy atom. The van der Waals surface area contributed by atoms with Crippen molar-refractivity contribution in [2.45, 2.75) is 6.17 Å². The van der Waals surface area contributed by atoms with Crippen molar-refractivity contribution < 1.29 is 0 Å². The number of benzene rings is 5. The van der Waals surface area contributed by atoms with Crippen molar-refractivity contribution >= 4 is 33.0 Å². The zero-order chi connectivity index (χ0) is 34.1. The fourth-order valence-corrected chi connectivity index (χ4v) is 6.94. The van der Waals surface area contributed by atoms with E-state index in [0.717, 1.165) is 77.6 Å². The van der Waals surface area contributed by atoms with Crippen LogP contribution < -0.4 is 0 Å². The SMILES string of the molecule is CN1C(c2ccc(-c3cncc4ccccc34)cc2)=CC(c2cccc(-c3ccc4ccc#cc4c3)c2)=NC1c1c#cc(-c2ccccc2)cc1. The molecule has 9 rings (SSSR count). The molecule has 1 atom stereocenters. The molecule has 1 aliphatic rings. The minimum atomic E-state index is -0.294. The summed E-state index contributed by atoms with van der Waals surface area (Å²) in [5, 5.41) is 4.52. The number of hydrogen-bond acceptors (Lipinski definition) is 3. The molecule has 2 heterocycles. The van der Waals surface area contributed by atoms with Gasteiger partial charge in [0.25, 0.3) is 0 Å². The van der Waals surface area contributed by atoms with Gasteiger partial charge in [0.1, 0.15) is 0 Å². The van der Waals surface area contributed by atoms with E-state index in [1.54, 1.807) is 0 Å². The molecule has 1 aliphatic heterocycles. The van der Waals surface area contributed by atoms with Gasteiger partial charge in [-0.3, -0.25) is 9.98 Å². The van der Waals surface area contributed by atoms with Crippen LogP contribution in [0.2, 0.25) is 0 Å². The molecule has 0 radical (unpaired) electrons. The van der Waals surface area contributed by atoms with Gasteiger partial charge in [0.2, 0.25) is 0 Å². The molecule has 7 aromatic carbocycles. The van der Waals surface area contributed by atoms with Gasteiger partial charge in [0, 0.05) is 58.2 Å². The predicted molar refractivity (Wildman–Crippen MR) is 209 cm³/mol. The average molecular weight is 650 g/mol. The second kappa shape index (κ2) is 12.8. The molecule has 0 N–H and O–H groups in total. The highest BCUT2D eigenvalue weighted by atomic mass is 15.2. The summed E-state index contributed by atoms with van der Waals surface area (Å²) in [5.41, 5.74) is 11.7. The summed E-state index contributed by atoms with van der Waals surface area (Å²) < 4.78 is 0. The topological polar surface area (TPSA) is 28.5 Å². The number of nitrogens with zero attached hydrogens (tertiary/aromatic N) is 3. The predicted octanol–water partition coefficient (Wildman–Crippen LogP) is 11.1. The Morgan fingerprint density at radius 1 is 0.569 bits per heavy atom. The van der Waals surface area contributed by atoms with Crippen molar-refractivity contribution in [3.8, 4) is 33.4 Å². The molecule has 0 amide bonds. The minimum Gasteiger partial charge on any atom is -0.348 e. The average Bonchev–Trinajstić information content (AvgIpc) is 3.21. The highest BCUT2D eigenvalue weighted by Gasteiger charge is 2.26. The van der Waals surface area contributed by atoms with Gasteiger partial charge >= 0.3 is 0 Å². The highest BCUT2D eigenvalue weighted by Crippen LogP contribution is 2.36.